The molecule has 88 valence electrons. The Balaban J connectivity index is 2.95. The van der Waals surface area contributed by atoms with Crippen molar-refractivity contribution in [2.24, 2.45) is 5.73 Å². The molecule has 1 aromatic carbocycles. The standard InChI is InChI=1S/C12H17NO3/c1-8(16-2)7-9-5-3-4-6-10(9)11(13)12(14)15/h3-6,8,11H,7,13H2,1-2H3,(H,14,15). The van der Waals surface area contributed by atoms with Gasteiger partial charge < -0.3 is 15.6 Å². The Labute approximate surface area is 95.0 Å². The highest BCUT2D eigenvalue weighted by Crippen LogP contribution is 2.18. The first-order chi connectivity index (χ1) is 7.56. The molecule has 0 bridgehead atoms. The minimum atomic E-state index is -1.02. The molecule has 0 radical (unpaired) electrons. The van der Waals surface area contributed by atoms with Gasteiger partial charge in [0.2, 0.25) is 0 Å². The van der Waals surface area contributed by atoms with Gasteiger partial charge in [0.05, 0.1) is 6.10 Å². The SMILES string of the molecule is COC(C)Cc1ccccc1C(N)C(=O)O. The molecule has 0 saturated heterocycles. The summed E-state index contributed by atoms with van der Waals surface area (Å²) in [5.74, 6) is -1.02. The molecular weight excluding hydrogens is 206 g/mol. The first-order valence-corrected chi connectivity index (χ1v) is 5.15. The molecule has 1 rings (SSSR count). The van der Waals surface area contributed by atoms with Crippen molar-refractivity contribution in [3.8, 4) is 0 Å². The fraction of sp³-hybridized carbons (Fsp3) is 0.417. The summed E-state index contributed by atoms with van der Waals surface area (Å²) in [4.78, 5) is 10.9. The lowest BCUT2D eigenvalue weighted by Crippen LogP contribution is -2.23. The highest BCUT2D eigenvalue weighted by molar-refractivity contribution is 5.75. The smallest absolute Gasteiger partial charge is 0.325 e. The average Bonchev–Trinajstić information content (AvgIpc) is 2.28. The van der Waals surface area contributed by atoms with E-state index in [1.165, 1.54) is 0 Å². The number of hydrogen-bond donors (Lipinski definition) is 2. The van der Waals surface area contributed by atoms with Gasteiger partial charge in [-0.3, -0.25) is 4.79 Å². The van der Waals surface area contributed by atoms with Crippen molar-refractivity contribution in [1.82, 2.24) is 0 Å². The van der Waals surface area contributed by atoms with Crippen molar-refractivity contribution in [3.05, 3.63) is 35.4 Å². The van der Waals surface area contributed by atoms with E-state index in [9.17, 15) is 4.79 Å². The van der Waals surface area contributed by atoms with Crippen LogP contribution in [0.15, 0.2) is 24.3 Å². The number of carbonyl (C=O) groups is 1. The molecular formula is C12H17NO3. The predicted molar refractivity (Wildman–Crippen MR) is 61.2 cm³/mol. The average molecular weight is 223 g/mol. The second kappa shape index (κ2) is 5.63. The van der Waals surface area contributed by atoms with Crippen molar-refractivity contribution in [2.45, 2.75) is 25.5 Å². The van der Waals surface area contributed by atoms with Gasteiger partial charge in [0.25, 0.3) is 0 Å². The Hall–Kier alpha value is -1.39. The Bertz CT molecular complexity index is 365. The summed E-state index contributed by atoms with van der Waals surface area (Å²) in [5, 5.41) is 8.89. The maximum atomic E-state index is 10.9. The third kappa shape index (κ3) is 3.05. The van der Waals surface area contributed by atoms with Crippen LogP contribution in [0.2, 0.25) is 0 Å². The number of carboxylic acid groups (broad SMARTS) is 1. The summed E-state index contributed by atoms with van der Waals surface area (Å²) in [6, 6.07) is 6.32. The van der Waals surface area contributed by atoms with Gasteiger partial charge in [-0.2, -0.15) is 0 Å². The number of hydrogen-bond acceptors (Lipinski definition) is 3. The summed E-state index contributed by atoms with van der Waals surface area (Å²) in [7, 11) is 1.63. The molecule has 0 aliphatic carbocycles. The zero-order chi connectivity index (χ0) is 12.1. The van der Waals surface area contributed by atoms with Gasteiger partial charge in [-0.1, -0.05) is 24.3 Å². The third-order valence-corrected chi connectivity index (χ3v) is 2.57. The molecule has 0 aromatic heterocycles. The normalized spacial score (nSPS) is 14.4. The van der Waals surface area contributed by atoms with Gasteiger partial charge in [-0.05, 0) is 24.5 Å². The number of carboxylic acids is 1. The van der Waals surface area contributed by atoms with Crippen LogP contribution in [0.25, 0.3) is 0 Å². The van der Waals surface area contributed by atoms with E-state index >= 15 is 0 Å². The van der Waals surface area contributed by atoms with E-state index < -0.39 is 12.0 Å². The van der Waals surface area contributed by atoms with Crippen molar-refractivity contribution < 1.29 is 14.6 Å². The van der Waals surface area contributed by atoms with Crippen LogP contribution < -0.4 is 5.73 Å². The van der Waals surface area contributed by atoms with Crippen LogP contribution in [-0.2, 0) is 16.0 Å². The largest absolute Gasteiger partial charge is 0.480 e. The molecule has 0 spiro atoms. The summed E-state index contributed by atoms with van der Waals surface area (Å²) < 4.78 is 5.16. The molecule has 0 saturated carbocycles. The molecule has 0 fully saturated rings. The van der Waals surface area contributed by atoms with Gasteiger partial charge in [0.1, 0.15) is 6.04 Å². The number of nitrogens with two attached hydrogens (primary N) is 1. The molecule has 0 heterocycles. The van der Waals surface area contributed by atoms with E-state index in [0.717, 1.165) is 5.56 Å². The lowest BCUT2D eigenvalue weighted by atomic mass is 9.97. The zero-order valence-electron chi connectivity index (χ0n) is 9.51. The fourth-order valence-electron chi connectivity index (χ4n) is 1.55. The molecule has 2 unspecified atom stereocenters. The predicted octanol–water partition coefficient (Wildman–Crippen LogP) is 1.35. The summed E-state index contributed by atoms with van der Waals surface area (Å²) in [5.41, 5.74) is 7.19. The fourth-order valence-corrected chi connectivity index (χ4v) is 1.55. The number of rotatable bonds is 5. The molecule has 0 amide bonds. The number of aliphatic carboxylic acids is 1. The highest BCUT2D eigenvalue weighted by Gasteiger charge is 2.18. The molecule has 16 heavy (non-hydrogen) atoms. The van der Waals surface area contributed by atoms with E-state index in [1.54, 1.807) is 19.2 Å². The van der Waals surface area contributed by atoms with E-state index in [1.807, 2.05) is 19.1 Å². The van der Waals surface area contributed by atoms with Crippen molar-refractivity contribution in [2.75, 3.05) is 7.11 Å². The maximum Gasteiger partial charge on any atom is 0.325 e. The maximum absolute atomic E-state index is 10.9. The van der Waals surface area contributed by atoms with Crippen LogP contribution in [-0.4, -0.2) is 24.3 Å². The second-order valence-electron chi connectivity index (χ2n) is 3.77. The Morgan fingerprint density at radius 1 is 1.50 bits per heavy atom. The van der Waals surface area contributed by atoms with E-state index in [4.69, 9.17) is 15.6 Å². The van der Waals surface area contributed by atoms with Crippen LogP contribution in [0.4, 0.5) is 0 Å². The summed E-state index contributed by atoms with van der Waals surface area (Å²) in [6.45, 7) is 1.93. The first-order valence-electron chi connectivity index (χ1n) is 5.15. The van der Waals surface area contributed by atoms with E-state index in [2.05, 4.69) is 0 Å². The minimum Gasteiger partial charge on any atom is -0.480 e. The summed E-state index contributed by atoms with van der Waals surface area (Å²) >= 11 is 0. The van der Waals surface area contributed by atoms with Crippen LogP contribution in [0, 0.1) is 0 Å². The van der Waals surface area contributed by atoms with Crippen molar-refractivity contribution in [3.63, 3.8) is 0 Å². The Morgan fingerprint density at radius 3 is 2.69 bits per heavy atom. The van der Waals surface area contributed by atoms with Gasteiger partial charge in [-0.15, -0.1) is 0 Å². The summed E-state index contributed by atoms with van der Waals surface area (Å²) in [6.07, 6.45) is 0.704. The molecule has 4 heteroatoms. The molecule has 0 aliphatic rings. The van der Waals surface area contributed by atoms with Gasteiger partial charge in [0, 0.05) is 7.11 Å². The number of benzene rings is 1. The lowest BCUT2D eigenvalue weighted by molar-refractivity contribution is -0.138. The van der Waals surface area contributed by atoms with Gasteiger partial charge >= 0.3 is 5.97 Å². The second-order valence-corrected chi connectivity index (χ2v) is 3.77. The monoisotopic (exact) mass is 223 g/mol. The minimum absolute atomic E-state index is 0.0437. The van der Waals surface area contributed by atoms with E-state index in [0.29, 0.717) is 12.0 Å². The Kier molecular flexibility index (Phi) is 4.46. The van der Waals surface area contributed by atoms with Crippen molar-refractivity contribution in [1.29, 1.82) is 0 Å². The first kappa shape index (κ1) is 12.7. The quantitative estimate of drug-likeness (QED) is 0.790. The molecule has 0 aliphatic heterocycles. The van der Waals surface area contributed by atoms with Crippen LogP contribution in [0.1, 0.15) is 24.1 Å². The number of ether oxygens (including phenoxy) is 1. The van der Waals surface area contributed by atoms with Gasteiger partial charge in [-0.25, -0.2) is 0 Å². The van der Waals surface area contributed by atoms with Crippen LogP contribution in [0.5, 0.6) is 0 Å². The van der Waals surface area contributed by atoms with Crippen LogP contribution >= 0.6 is 0 Å². The molecule has 1 aromatic rings. The Morgan fingerprint density at radius 2 is 2.12 bits per heavy atom. The van der Waals surface area contributed by atoms with Gasteiger partial charge in [0.15, 0.2) is 0 Å². The lowest BCUT2D eigenvalue weighted by Gasteiger charge is -2.15. The molecule has 2 atom stereocenters. The zero-order valence-corrected chi connectivity index (χ0v) is 9.51. The molecule has 3 N–H and O–H groups in total. The van der Waals surface area contributed by atoms with Crippen LogP contribution in [0.3, 0.4) is 0 Å². The number of methoxy groups -OCH3 is 1. The highest BCUT2D eigenvalue weighted by atomic mass is 16.5. The van der Waals surface area contributed by atoms with E-state index in [-0.39, 0.29) is 6.10 Å². The molecule has 4 nitrogen and oxygen atoms in total. The third-order valence-electron chi connectivity index (χ3n) is 2.57. The van der Waals surface area contributed by atoms with Crippen molar-refractivity contribution >= 4 is 5.97 Å². The topological polar surface area (TPSA) is 72.5 Å².